The fourth-order valence-corrected chi connectivity index (χ4v) is 10.7. The van der Waals surface area contributed by atoms with E-state index in [0.717, 1.165) is 11.1 Å². The molecule has 4 N–H and O–H groups in total. The number of carboxylic acid groups (broad SMARTS) is 1. The van der Waals surface area contributed by atoms with Crippen molar-refractivity contribution in [3.05, 3.63) is 118 Å². The number of fused-ring (bicyclic) bond motifs is 6. The van der Waals surface area contributed by atoms with Gasteiger partial charge in [-0.3, -0.25) is 14.4 Å². The zero-order valence-electron chi connectivity index (χ0n) is 41.4. The molecule has 14 nitrogen and oxygen atoms in total. The second-order valence-electron chi connectivity index (χ2n) is 21.4. The molecule has 11 rings (SSSR count). The Bertz CT molecular complexity index is 3320. The van der Waals surface area contributed by atoms with E-state index >= 15 is 8.78 Å². The molecule has 3 aliphatic heterocycles. The smallest absolute Gasteiger partial charge is 0.481 e. The number of halogens is 6. The van der Waals surface area contributed by atoms with Gasteiger partial charge in [0.1, 0.15) is 28.6 Å². The van der Waals surface area contributed by atoms with Gasteiger partial charge < -0.3 is 53.2 Å². The molecule has 4 aromatic carbocycles. The minimum Gasteiger partial charge on any atom is -0.481 e. The Hall–Kier alpha value is -6.61. The van der Waals surface area contributed by atoms with E-state index in [2.05, 4.69) is 32.8 Å². The highest BCUT2D eigenvalue weighted by Crippen LogP contribution is 2.54. The summed E-state index contributed by atoms with van der Waals surface area (Å²) in [7, 11) is 0. The molecule has 0 spiro atoms. The van der Waals surface area contributed by atoms with Gasteiger partial charge in [0.25, 0.3) is 0 Å². The number of hydrogen-bond donors (Lipinski definition) is 4. The monoisotopic (exact) mass is 1050 g/mol. The fraction of sp³-hybridized carbons (Fsp3) is 0.436. The van der Waals surface area contributed by atoms with Crippen molar-refractivity contribution in [1.29, 1.82) is 0 Å². The first-order valence-electron chi connectivity index (χ1n) is 24.5. The zero-order valence-corrected chi connectivity index (χ0v) is 41.4. The van der Waals surface area contributed by atoms with Gasteiger partial charge in [-0.2, -0.15) is 0 Å². The summed E-state index contributed by atoms with van der Waals surface area (Å²) in [5.74, 6) is -3.24. The molecule has 398 valence electrons. The number of aliphatic hydroxyl groups is 3. The number of aromatic nitrogens is 2. The topological polar surface area (TPSA) is 188 Å². The Morgan fingerprint density at radius 1 is 0.707 bits per heavy atom. The maximum absolute atomic E-state index is 15.4. The van der Waals surface area contributed by atoms with Crippen molar-refractivity contribution >= 4 is 39.3 Å². The van der Waals surface area contributed by atoms with E-state index in [1.54, 1.807) is 18.2 Å². The number of alkyl halides is 4. The van der Waals surface area contributed by atoms with Crippen molar-refractivity contribution in [2.24, 2.45) is 0 Å². The van der Waals surface area contributed by atoms with Crippen molar-refractivity contribution < 1.29 is 84.8 Å². The predicted octanol–water partition coefficient (Wildman–Crippen LogP) is 8.66. The Balaban J connectivity index is 0.000000171. The Morgan fingerprint density at radius 2 is 1.19 bits per heavy atom. The molecule has 3 unspecified atom stereocenters. The van der Waals surface area contributed by atoms with E-state index in [1.165, 1.54) is 66.9 Å². The summed E-state index contributed by atoms with van der Waals surface area (Å²) in [5.41, 5.74) is 0.134. The van der Waals surface area contributed by atoms with Crippen LogP contribution in [0.3, 0.4) is 0 Å². The van der Waals surface area contributed by atoms with E-state index in [4.69, 9.17) is 4.74 Å². The van der Waals surface area contributed by atoms with Crippen molar-refractivity contribution in [2.45, 2.75) is 139 Å². The number of Topliss-reactive ketones (excluding diaryl/α,β-unsaturated/α-hetero) is 2. The number of ketones is 2. The first-order valence-corrected chi connectivity index (χ1v) is 24.5. The maximum Gasteiger partial charge on any atom is 0.586 e. The molecule has 2 saturated carbocycles. The van der Waals surface area contributed by atoms with E-state index in [1.807, 2.05) is 17.6 Å². The van der Waals surface area contributed by atoms with Gasteiger partial charge in [-0.1, -0.05) is 26.0 Å². The standard InChI is InChI=1S/C28H28F3NO5.C27H26F3NO7/c1-15-26(2,3)24-9-17-8-16(20(29)12-21(17)32(24)13-19(14-33)35-15)10-25(34)27(6-7-27)18-4-5-22-23(11-18)37-28(30,31)36-22;1-25(2,24(35)36)22-8-15-7-14(18(28)11-19(15)31(22)12-17(33)13-32)9-23(34)26(5-6-26)16-3-4-20-21(10-16)38-27(29,30)37-20/h4-5,8-9,11-12,15,19,33H,6-7,10,13-14H2,1-3H3;3-4,7-8,10-11,17,32-33H,5-6,9,12-13H2,1-2H3,(H,35,36). The Kier molecular flexibility index (Phi) is 12.5. The molecule has 75 heavy (non-hydrogen) atoms. The molecule has 2 aliphatic carbocycles. The van der Waals surface area contributed by atoms with E-state index < -0.39 is 65.3 Å². The summed E-state index contributed by atoms with van der Waals surface area (Å²) in [5, 5.41) is 40.2. The molecule has 2 aromatic heterocycles. The summed E-state index contributed by atoms with van der Waals surface area (Å²) in [4.78, 5) is 38.8. The van der Waals surface area contributed by atoms with Gasteiger partial charge >= 0.3 is 18.6 Å². The van der Waals surface area contributed by atoms with Crippen LogP contribution in [-0.2, 0) is 66.7 Å². The van der Waals surface area contributed by atoms with Gasteiger partial charge in [0.05, 0.1) is 66.5 Å². The largest absolute Gasteiger partial charge is 0.586 e. The highest BCUT2D eigenvalue weighted by atomic mass is 19.3. The van der Waals surface area contributed by atoms with Crippen molar-refractivity contribution in [2.75, 3.05) is 13.2 Å². The number of carbonyl (C=O) groups excluding carboxylic acids is 2. The number of rotatable bonds is 14. The van der Waals surface area contributed by atoms with Crippen LogP contribution in [-0.4, -0.2) is 91.2 Å². The Morgan fingerprint density at radius 3 is 1.65 bits per heavy atom. The van der Waals surface area contributed by atoms with Gasteiger partial charge in [-0.25, -0.2) is 8.78 Å². The van der Waals surface area contributed by atoms with E-state index in [0.29, 0.717) is 65.5 Å². The summed E-state index contributed by atoms with van der Waals surface area (Å²) >= 11 is 0. The average Bonchev–Trinajstić information content (AvgIpc) is 4.22. The second-order valence-corrected chi connectivity index (χ2v) is 21.4. The molecule has 0 bridgehead atoms. The number of benzene rings is 4. The third-order valence-electron chi connectivity index (χ3n) is 15.8. The van der Waals surface area contributed by atoms with Crippen molar-refractivity contribution in [3.63, 3.8) is 0 Å². The minimum absolute atomic E-state index is 0.0759. The summed E-state index contributed by atoms with van der Waals surface area (Å²) in [6.07, 6.45) is -7.62. The molecule has 5 aliphatic rings. The van der Waals surface area contributed by atoms with Crippen LogP contribution in [0.4, 0.5) is 26.3 Å². The highest BCUT2D eigenvalue weighted by molar-refractivity contribution is 5.97. The Labute approximate surface area is 425 Å². The number of aliphatic hydroxyl groups excluding tert-OH is 3. The minimum atomic E-state index is -3.78. The van der Waals surface area contributed by atoms with E-state index in [9.17, 15) is 52.4 Å². The molecular formula is C55H54F6N2O12. The normalized spacial score (nSPS) is 21.2. The van der Waals surface area contributed by atoms with Gasteiger partial charge in [-0.05, 0) is 129 Å². The summed E-state index contributed by atoms with van der Waals surface area (Å²) in [6.45, 7) is 8.56. The molecular weight excluding hydrogens is 995 g/mol. The van der Waals surface area contributed by atoms with Crippen LogP contribution < -0.4 is 18.9 Å². The number of aliphatic carboxylic acids is 1. The molecule has 20 heteroatoms. The summed E-state index contributed by atoms with van der Waals surface area (Å²) in [6, 6.07) is 18.0. The zero-order chi connectivity index (χ0) is 53.9. The van der Waals surface area contributed by atoms with Crippen LogP contribution in [0.15, 0.2) is 72.8 Å². The van der Waals surface area contributed by atoms with Crippen molar-refractivity contribution in [3.8, 4) is 23.0 Å². The molecule has 3 atom stereocenters. The molecule has 5 heterocycles. The number of carbonyl (C=O) groups is 3. The predicted molar refractivity (Wildman–Crippen MR) is 257 cm³/mol. The highest BCUT2D eigenvalue weighted by Gasteiger charge is 2.54. The van der Waals surface area contributed by atoms with Gasteiger partial charge in [0.2, 0.25) is 0 Å². The molecule has 0 radical (unpaired) electrons. The quantitative estimate of drug-likeness (QED) is 0.0762. The lowest BCUT2D eigenvalue weighted by Gasteiger charge is -2.30. The lowest BCUT2D eigenvalue weighted by atomic mass is 9.83. The van der Waals surface area contributed by atoms with Crippen LogP contribution >= 0.6 is 0 Å². The number of ether oxygens (including phenoxy) is 5. The molecule has 2 fully saturated rings. The average molecular weight is 1050 g/mol. The van der Waals surface area contributed by atoms with Crippen LogP contribution in [0.5, 0.6) is 23.0 Å². The van der Waals surface area contributed by atoms with Crippen LogP contribution in [0.1, 0.15) is 93.9 Å². The summed E-state index contributed by atoms with van der Waals surface area (Å²) < 4.78 is 112. The fourth-order valence-electron chi connectivity index (χ4n) is 10.7. The number of nitrogens with zero attached hydrogens (tertiary/aromatic N) is 2. The lowest BCUT2D eigenvalue weighted by Crippen LogP contribution is -2.35. The number of hydrogen-bond acceptors (Lipinski definition) is 11. The van der Waals surface area contributed by atoms with E-state index in [-0.39, 0.29) is 83.2 Å². The van der Waals surface area contributed by atoms with Gasteiger partial charge in [0.15, 0.2) is 23.0 Å². The van der Waals surface area contributed by atoms with Crippen molar-refractivity contribution in [1.82, 2.24) is 9.13 Å². The second kappa shape index (κ2) is 18.0. The molecule has 0 saturated heterocycles. The van der Waals surface area contributed by atoms with Gasteiger partial charge in [-0.15, -0.1) is 17.6 Å². The van der Waals surface area contributed by atoms with Crippen LogP contribution in [0.25, 0.3) is 21.8 Å². The van der Waals surface area contributed by atoms with Gasteiger partial charge in [0, 0.05) is 40.4 Å². The maximum atomic E-state index is 15.4. The first-order chi connectivity index (χ1) is 35.2. The third-order valence-corrected chi connectivity index (χ3v) is 15.8. The van der Waals surface area contributed by atoms with Crippen LogP contribution in [0, 0.1) is 11.6 Å². The molecule has 6 aromatic rings. The molecule has 0 amide bonds. The SMILES string of the molecule is CC(C)(C(=O)O)c1cc2cc(CC(=O)C3(c4ccc5c(c4)OC(F)(F)O5)CC3)c(F)cc2n1CC(O)CO.CC1OC(CO)Cn2c(cc3cc(CC(=O)C4(c5ccc6c(c5)OC(F)(F)O6)CC4)c(F)cc32)C1(C)C. The lowest BCUT2D eigenvalue weighted by molar-refractivity contribution is -0.287. The van der Waals surface area contributed by atoms with Crippen LogP contribution in [0.2, 0.25) is 0 Å². The third kappa shape index (κ3) is 9.16. The first kappa shape index (κ1) is 51.9. The number of carboxylic acids is 1.